The summed E-state index contributed by atoms with van der Waals surface area (Å²) in [5.74, 6) is -1.03. The highest BCUT2D eigenvalue weighted by Gasteiger charge is 2.42. The van der Waals surface area contributed by atoms with E-state index in [9.17, 15) is 24.5 Å². The number of rotatable bonds is 7. The van der Waals surface area contributed by atoms with Crippen molar-refractivity contribution >= 4 is 40.9 Å². The summed E-state index contributed by atoms with van der Waals surface area (Å²) in [7, 11) is 0. The van der Waals surface area contributed by atoms with Crippen molar-refractivity contribution in [2.75, 3.05) is 17.3 Å². The van der Waals surface area contributed by atoms with Gasteiger partial charge in [0.05, 0.1) is 27.3 Å². The molecule has 150 valence electrons. The van der Waals surface area contributed by atoms with Gasteiger partial charge in [0.1, 0.15) is 6.04 Å². The molecule has 9 heteroatoms. The highest BCUT2D eigenvalue weighted by atomic mass is 32.2. The molecule has 8 nitrogen and oxygen atoms in total. The van der Waals surface area contributed by atoms with Crippen LogP contribution < -0.4 is 5.32 Å². The number of fused-ring (bicyclic) bond motifs is 1. The maximum Gasteiger partial charge on any atom is 0.274 e. The van der Waals surface area contributed by atoms with Crippen LogP contribution in [-0.4, -0.2) is 45.6 Å². The lowest BCUT2D eigenvalue weighted by Crippen LogP contribution is -2.47. The smallest absolute Gasteiger partial charge is 0.274 e. The Balaban J connectivity index is 1.91. The molecular weight excluding hydrogens is 394 g/mol. The fraction of sp³-hybridized carbons (Fsp3) is 0.250. The Kier molecular flexibility index (Phi) is 5.97. The lowest BCUT2D eigenvalue weighted by molar-refractivity contribution is -0.385. The van der Waals surface area contributed by atoms with Gasteiger partial charge in [0.2, 0.25) is 5.91 Å². The molecule has 1 aliphatic heterocycles. The first kappa shape index (κ1) is 20.5. The molecule has 0 radical (unpaired) electrons. The number of hydrogen-bond donors (Lipinski definition) is 1. The molecule has 1 heterocycles. The normalized spacial score (nSPS) is 13.9. The van der Waals surface area contributed by atoms with Crippen LogP contribution in [0.2, 0.25) is 0 Å². The van der Waals surface area contributed by atoms with Crippen molar-refractivity contribution in [3.63, 3.8) is 0 Å². The van der Waals surface area contributed by atoms with Crippen LogP contribution in [0.25, 0.3) is 0 Å². The summed E-state index contributed by atoms with van der Waals surface area (Å²) in [5, 5.41) is 13.8. The van der Waals surface area contributed by atoms with Crippen LogP contribution in [0.15, 0.2) is 42.5 Å². The summed E-state index contributed by atoms with van der Waals surface area (Å²) < 4.78 is 0. The van der Waals surface area contributed by atoms with E-state index in [0.717, 1.165) is 4.90 Å². The average molecular weight is 413 g/mol. The molecule has 3 amide bonds. The zero-order chi connectivity index (χ0) is 21.1. The van der Waals surface area contributed by atoms with Gasteiger partial charge in [-0.1, -0.05) is 18.2 Å². The first-order valence-electron chi connectivity index (χ1n) is 8.87. The van der Waals surface area contributed by atoms with Crippen LogP contribution in [0.3, 0.4) is 0 Å². The van der Waals surface area contributed by atoms with Gasteiger partial charge in [-0.05, 0) is 43.6 Å². The van der Waals surface area contributed by atoms with Gasteiger partial charge in [-0.3, -0.25) is 29.4 Å². The third-order valence-corrected chi connectivity index (χ3v) is 5.44. The van der Waals surface area contributed by atoms with E-state index in [0.29, 0.717) is 11.3 Å². The topological polar surface area (TPSA) is 110 Å². The Bertz CT molecular complexity index is 972. The van der Waals surface area contributed by atoms with Gasteiger partial charge >= 0.3 is 0 Å². The molecule has 2 aromatic rings. The van der Waals surface area contributed by atoms with E-state index in [4.69, 9.17) is 0 Å². The second-order valence-electron chi connectivity index (χ2n) is 6.52. The van der Waals surface area contributed by atoms with Gasteiger partial charge < -0.3 is 5.32 Å². The summed E-state index contributed by atoms with van der Waals surface area (Å²) in [6.45, 7) is 1.53. The molecule has 0 aromatic heterocycles. The zero-order valence-electron chi connectivity index (χ0n) is 15.9. The second kappa shape index (κ2) is 8.44. The average Bonchev–Trinajstić information content (AvgIpc) is 2.95. The van der Waals surface area contributed by atoms with Crippen LogP contribution in [0.5, 0.6) is 0 Å². The minimum atomic E-state index is -1.02. The summed E-state index contributed by atoms with van der Waals surface area (Å²) in [6.07, 6.45) is 2.13. The predicted molar refractivity (Wildman–Crippen MR) is 110 cm³/mol. The maximum atomic E-state index is 13.0. The number of nitrogens with zero attached hydrogens (tertiary/aromatic N) is 2. The Morgan fingerprint density at radius 2 is 1.76 bits per heavy atom. The summed E-state index contributed by atoms with van der Waals surface area (Å²) in [5.41, 5.74) is 0.993. The molecule has 2 aromatic carbocycles. The number of carbonyl (C=O) groups excluding carboxylic acids is 3. The van der Waals surface area contributed by atoms with Gasteiger partial charge in [0.15, 0.2) is 0 Å². The van der Waals surface area contributed by atoms with Crippen molar-refractivity contribution in [3.05, 3.63) is 69.3 Å². The fourth-order valence-electron chi connectivity index (χ4n) is 3.27. The maximum absolute atomic E-state index is 13.0. The van der Waals surface area contributed by atoms with E-state index < -0.39 is 28.7 Å². The lowest BCUT2D eigenvalue weighted by atomic mass is 10.1. The Morgan fingerprint density at radius 1 is 1.14 bits per heavy atom. The molecule has 0 spiro atoms. The Morgan fingerprint density at radius 3 is 2.31 bits per heavy atom. The van der Waals surface area contributed by atoms with Crippen molar-refractivity contribution in [3.8, 4) is 0 Å². The van der Waals surface area contributed by atoms with Crippen molar-refractivity contribution in [2.24, 2.45) is 0 Å². The number of amides is 3. The monoisotopic (exact) mass is 413 g/mol. The van der Waals surface area contributed by atoms with Crippen LogP contribution in [0, 0.1) is 17.0 Å². The Hall–Kier alpha value is -3.20. The third-order valence-electron chi connectivity index (χ3n) is 4.79. The molecule has 0 saturated heterocycles. The number of anilines is 1. The predicted octanol–water partition coefficient (Wildman–Crippen LogP) is 3.26. The van der Waals surface area contributed by atoms with E-state index in [1.165, 1.54) is 30.8 Å². The van der Waals surface area contributed by atoms with Gasteiger partial charge in [-0.2, -0.15) is 11.8 Å². The molecule has 1 atom stereocenters. The van der Waals surface area contributed by atoms with E-state index in [1.54, 1.807) is 30.3 Å². The molecule has 1 aliphatic rings. The molecule has 1 unspecified atom stereocenters. The Labute approximate surface area is 171 Å². The number of nitro groups is 1. The van der Waals surface area contributed by atoms with E-state index >= 15 is 0 Å². The summed E-state index contributed by atoms with van der Waals surface area (Å²) in [6, 6.07) is 9.80. The van der Waals surface area contributed by atoms with Crippen molar-refractivity contribution in [1.82, 2.24) is 4.90 Å². The second-order valence-corrected chi connectivity index (χ2v) is 7.50. The number of nitro benzene ring substituents is 1. The minimum absolute atomic E-state index is 0.121. The molecule has 3 rings (SSSR count). The quantitative estimate of drug-likeness (QED) is 0.424. The molecule has 0 bridgehead atoms. The number of hydrogen-bond acceptors (Lipinski definition) is 6. The highest BCUT2D eigenvalue weighted by molar-refractivity contribution is 7.98. The standard InChI is InChI=1S/C20H19N3O5S/c1-12-15(8-5-9-16(12)23(27)28)21-18(24)17(10-11-29-2)22-19(25)13-6-3-4-7-14(13)20(22)26/h3-9,17H,10-11H2,1-2H3,(H,21,24). The number of carbonyl (C=O) groups is 3. The van der Waals surface area contributed by atoms with Crippen LogP contribution in [-0.2, 0) is 4.79 Å². The largest absolute Gasteiger partial charge is 0.324 e. The van der Waals surface area contributed by atoms with Gasteiger partial charge in [-0.15, -0.1) is 0 Å². The number of thioether (sulfide) groups is 1. The SMILES string of the molecule is CSCCC(C(=O)Nc1cccc([N+](=O)[O-])c1C)N1C(=O)c2ccccc2C1=O. The van der Waals surface area contributed by atoms with Crippen molar-refractivity contribution in [1.29, 1.82) is 0 Å². The van der Waals surface area contributed by atoms with Gasteiger partial charge in [0.25, 0.3) is 17.5 Å². The fourth-order valence-corrected chi connectivity index (χ4v) is 3.73. The molecule has 1 N–H and O–H groups in total. The first-order valence-corrected chi connectivity index (χ1v) is 10.3. The summed E-state index contributed by atoms with van der Waals surface area (Å²) in [4.78, 5) is 50.3. The van der Waals surface area contributed by atoms with Crippen molar-refractivity contribution in [2.45, 2.75) is 19.4 Å². The highest BCUT2D eigenvalue weighted by Crippen LogP contribution is 2.29. The molecule has 0 saturated carbocycles. The molecule has 0 fully saturated rings. The van der Waals surface area contributed by atoms with Gasteiger partial charge in [0, 0.05) is 6.07 Å². The molecular formula is C20H19N3O5S. The van der Waals surface area contributed by atoms with Crippen molar-refractivity contribution < 1.29 is 19.3 Å². The molecule has 29 heavy (non-hydrogen) atoms. The third kappa shape index (κ3) is 3.86. The van der Waals surface area contributed by atoms with Crippen LogP contribution in [0.1, 0.15) is 32.7 Å². The number of imide groups is 1. The lowest BCUT2D eigenvalue weighted by Gasteiger charge is -2.25. The van der Waals surface area contributed by atoms with Gasteiger partial charge in [-0.25, -0.2) is 0 Å². The van der Waals surface area contributed by atoms with Crippen LogP contribution in [0.4, 0.5) is 11.4 Å². The van der Waals surface area contributed by atoms with Crippen LogP contribution >= 0.6 is 11.8 Å². The minimum Gasteiger partial charge on any atom is -0.324 e. The zero-order valence-corrected chi connectivity index (χ0v) is 16.7. The van der Waals surface area contributed by atoms with E-state index in [1.807, 2.05) is 6.26 Å². The number of benzene rings is 2. The van der Waals surface area contributed by atoms with E-state index in [-0.39, 0.29) is 28.9 Å². The summed E-state index contributed by atoms with van der Waals surface area (Å²) >= 11 is 1.49. The first-order chi connectivity index (χ1) is 13.9. The van der Waals surface area contributed by atoms with E-state index in [2.05, 4.69) is 5.32 Å². The molecule has 0 aliphatic carbocycles. The number of nitrogens with one attached hydrogen (secondary N) is 1.